The molecule has 0 radical (unpaired) electrons. The zero-order valence-corrected chi connectivity index (χ0v) is 13.7. The molecule has 0 aromatic carbocycles. The van der Waals surface area contributed by atoms with Crippen LogP contribution < -0.4 is 10.6 Å². The van der Waals surface area contributed by atoms with Crippen LogP contribution in [0.1, 0.15) is 33.8 Å². The van der Waals surface area contributed by atoms with Gasteiger partial charge in [-0.15, -0.1) is 11.3 Å². The second-order valence-electron chi connectivity index (χ2n) is 5.84. The lowest BCUT2D eigenvalue weighted by Gasteiger charge is -2.09. The molecule has 2 aromatic heterocycles. The number of anilines is 1. The summed E-state index contributed by atoms with van der Waals surface area (Å²) in [6.45, 7) is 1.30. The van der Waals surface area contributed by atoms with Crippen molar-refractivity contribution < 1.29 is 14.3 Å². The Hall–Kier alpha value is -2.38. The molecule has 0 saturated carbocycles. The van der Waals surface area contributed by atoms with Gasteiger partial charge in [-0.25, -0.2) is 0 Å². The first-order valence-electron chi connectivity index (χ1n) is 7.91. The number of H-pyrrole nitrogens is 1. The van der Waals surface area contributed by atoms with Crippen LogP contribution >= 0.6 is 11.3 Å². The summed E-state index contributed by atoms with van der Waals surface area (Å²) in [6.07, 6.45) is 5.75. The van der Waals surface area contributed by atoms with Crippen LogP contribution in [0.15, 0.2) is 24.4 Å². The Morgan fingerprint density at radius 3 is 3.17 bits per heavy atom. The average Bonchev–Trinajstić information content (AvgIpc) is 3.32. The van der Waals surface area contributed by atoms with Crippen molar-refractivity contribution in [2.24, 2.45) is 0 Å². The highest BCUT2D eigenvalue weighted by Crippen LogP contribution is 2.39. The van der Waals surface area contributed by atoms with E-state index in [1.54, 1.807) is 18.3 Å². The minimum atomic E-state index is -0.142. The van der Waals surface area contributed by atoms with Crippen LogP contribution in [0.3, 0.4) is 0 Å². The Kier molecular flexibility index (Phi) is 3.95. The molecule has 2 amide bonds. The van der Waals surface area contributed by atoms with Crippen molar-refractivity contribution in [3.05, 3.63) is 40.5 Å². The summed E-state index contributed by atoms with van der Waals surface area (Å²) in [5.41, 5.74) is 2.20. The number of ether oxygens (including phenoxy) is 1. The number of hydrogen-bond donors (Lipinski definition) is 3. The molecule has 24 heavy (non-hydrogen) atoms. The topological polar surface area (TPSA) is 83.2 Å². The van der Waals surface area contributed by atoms with Gasteiger partial charge in [-0.3, -0.25) is 9.59 Å². The third kappa shape index (κ3) is 2.88. The van der Waals surface area contributed by atoms with Crippen LogP contribution in [-0.4, -0.2) is 36.1 Å². The third-order valence-electron chi connectivity index (χ3n) is 4.15. The van der Waals surface area contributed by atoms with E-state index in [1.807, 2.05) is 12.1 Å². The summed E-state index contributed by atoms with van der Waals surface area (Å²) in [5.74, 6) is -0.268. The molecule has 0 bridgehead atoms. The van der Waals surface area contributed by atoms with E-state index < -0.39 is 0 Å². The van der Waals surface area contributed by atoms with Gasteiger partial charge in [-0.05, 0) is 37.1 Å². The standard InChI is InChI=1S/C17H17N3O3S/c21-15-12(7-10-3-1-5-18-10)13-8-14(24-17(13)20-15)16(22)19-9-11-4-2-6-23-11/h1,3,5,7-8,11,18H,2,4,6,9H2,(H,19,22)(H,20,21). The SMILES string of the molecule is O=C1Nc2sc(C(=O)NCC3CCCO3)cc2C1=Cc1ccc[nH]1. The molecule has 7 heteroatoms. The zero-order chi connectivity index (χ0) is 16.5. The molecule has 2 aromatic rings. The van der Waals surface area contributed by atoms with Gasteiger partial charge < -0.3 is 20.4 Å². The lowest BCUT2D eigenvalue weighted by Crippen LogP contribution is -2.31. The second kappa shape index (κ2) is 6.26. The number of hydrogen-bond acceptors (Lipinski definition) is 4. The van der Waals surface area contributed by atoms with Gasteiger partial charge in [-0.2, -0.15) is 0 Å². The van der Waals surface area contributed by atoms with Crippen molar-refractivity contribution in [1.82, 2.24) is 10.3 Å². The third-order valence-corrected chi connectivity index (χ3v) is 5.20. The largest absolute Gasteiger partial charge is 0.376 e. The van der Waals surface area contributed by atoms with Gasteiger partial charge in [0, 0.05) is 30.6 Å². The van der Waals surface area contributed by atoms with Gasteiger partial charge in [0.2, 0.25) is 0 Å². The maximum atomic E-state index is 12.3. The normalized spacial score (nSPS) is 21.1. The Balaban J connectivity index is 1.51. The lowest BCUT2D eigenvalue weighted by atomic mass is 10.1. The van der Waals surface area contributed by atoms with Crippen LogP contribution in [-0.2, 0) is 9.53 Å². The molecule has 1 unspecified atom stereocenters. The first kappa shape index (κ1) is 15.2. The van der Waals surface area contributed by atoms with E-state index >= 15 is 0 Å². The number of aromatic amines is 1. The van der Waals surface area contributed by atoms with Gasteiger partial charge in [0.15, 0.2) is 0 Å². The molecule has 6 nitrogen and oxygen atoms in total. The zero-order valence-electron chi connectivity index (χ0n) is 12.9. The number of carbonyl (C=O) groups is 2. The van der Waals surface area contributed by atoms with E-state index in [-0.39, 0.29) is 17.9 Å². The van der Waals surface area contributed by atoms with Gasteiger partial charge >= 0.3 is 0 Å². The molecule has 4 rings (SSSR count). The highest BCUT2D eigenvalue weighted by Gasteiger charge is 2.28. The fourth-order valence-corrected chi connectivity index (χ4v) is 3.90. The summed E-state index contributed by atoms with van der Waals surface area (Å²) in [5, 5.41) is 6.46. The first-order valence-corrected chi connectivity index (χ1v) is 8.73. The maximum absolute atomic E-state index is 12.3. The molecule has 2 aliphatic heterocycles. The maximum Gasteiger partial charge on any atom is 0.261 e. The molecular formula is C17H17N3O3S. The smallest absolute Gasteiger partial charge is 0.261 e. The van der Waals surface area contributed by atoms with Crippen molar-refractivity contribution in [1.29, 1.82) is 0 Å². The first-order chi connectivity index (χ1) is 11.7. The lowest BCUT2D eigenvalue weighted by molar-refractivity contribution is -0.110. The quantitative estimate of drug-likeness (QED) is 0.746. The van der Waals surface area contributed by atoms with E-state index in [2.05, 4.69) is 15.6 Å². The summed E-state index contributed by atoms with van der Waals surface area (Å²) in [6, 6.07) is 5.54. The molecule has 1 atom stereocenters. The number of aromatic nitrogens is 1. The van der Waals surface area contributed by atoms with Crippen molar-refractivity contribution in [3.63, 3.8) is 0 Å². The summed E-state index contributed by atoms with van der Waals surface area (Å²) >= 11 is 1.30. The summed E-state index contributed by atoms with van der Waals surface area (Å²) < 4.78 is 5.51. The van der Waals surface area contributed by atoms with Crippen LogP contribution in [0, 0.1) is 0 Å². The number of fused-ring (bicyclic) bond motifs is 1. The Labute approximate surface area is 142 Å². The fraction of sp³-hybridized carbons (Fsp3) is 0.294. The summed E-state index contributed by atoms with van der Waals surface area (Å²) in [4.78, 5) is 28.1. The Morgan fingerprint density at radius 1 is 1.50 bits per heavy atom. The molecular weight excluding hydrogens is 326 g/mol. The number of carbonyl (C=O) groups excluding carboxylic acids is 2. The van der Waals surface area contributed by atoms with Crippen molar-refractivity contribution >= 4 is 39.8 Å². The molecule has 124 valence electrons. The van der Waals surface area contributed by atoms with Crippen molar-refractivity contribution in [2.45, 2.75) is 18.9 Å². The van der Waals surface area contributed by atoms with E-state index in [0.717, 1.165) is 35.7 Å². The van der Waals surface area contributed by atoms with Gasteiger partial charge in [0.05, 0.1) is 16.6 Å². The van der Waals surface area contributed by atoms with Crippen molar-refractivity contribution in [3.8, 4) is 0 Å². The van der Waals surface area contributed by atoms with Crippen LogP contribution in [0.5, 0.6) is 0 Å². The summed E-state index contributed by atoms with van der Waals surface area (Å²) in [7, 11) is 0. The monoisotopic (exact) mass is 343 g/mol. The molecule has 3 N–H and O–H groups in total. The van der Waals surface area contributed by atoms with Gasteiger partial charge in [-0.1, -0.05) is 0 Å². The van der Waals surface area contributed by atoms with E-state index in [0.29, 0.717) is 17.0 Å². The number of amides is 2. The molecule has 0 aliphatic carbocycles. The molecule has 4 heterocycles. The Bertz CT molecular complexity index is 801. The highest BCUT2D eigenvalue weighted by molar-refractivity contribution is 7.18. The van der Waals surface area contributed by atoms with Crippen LogP contribution in [0.4, 0.5) is 5.00 Å². The molecule has 2 aliphatic rings. The molecule has 0 spiro atoms. The minimum absolute atomic E-state index is 0.115. The average molecular weight is 343 g/mol. The number of rotatable bonds is 4. The van der Waals surface area contributed by atoms with Crippen LogP contribution in [0.25, 0.3) is 11.6 Å². The van der Waals surface area contributed by atoms with E-state index in [9.17, 15) is 9.59 Å². The van der Waals surface area contributed by atoms with Crippen molar-refractivity contribution in [2.75, 3.05) is 18.5 Å². The highest BCUT2D eigenvalue weighted by atomic mass is 32.1. The number of nitrogens with one attached hydrogen (secondary N) is 3. The number of thiophene rings is 1. The Morgan fingerprint density at radius 2 is 2.42 bits per heavy atom. The second-order valence-corrected chi connectivity index (χ2v) is 6.89. The molecule has 1 saturated heterocycles. The van der Waals surface area contributed by atoms with E-state index in [4.69, 9.17) is 4.74 Å². The minimum Gasteiger partial charge on any atom is -0.376 e. The van der Waals surface area contributed by atoms with Gasteiger partial charge in [0.25, 0.3) is 11.8 Å². The predicted octanol–water partition coefficient (Wildman–Crippen LogP) is 2.48. The predicted molar refractivity (Wildman–Crippen MR) is 92.9 cm³/mol. The van der Waals surface area contributed by atoms with Gasteiger partial charge in [0.1, 0.15) is 5.00 Å². The molecule has 1 fully saturated rings. The van der Waals surface area contributed by atoms with Crippen LogP contribution in [0.2, 0.25) is 0 Å². The van der Waals surface area contributed by atoms with E-state index in [1.165, 1.54) is 11.3 Å². The fourth-order valence-electron chi connectivity index (χ4n) is 2.92.